The van der Waals surface area contributed by atoms with E-state index in [1.165, 1.54) is 6.07 Å². The fourth-order valence-corrected chi connectivity index (χ4v) is 2.13. The van der Waals surface area contributed by atoms with Gasteiger partial charge in [0.2, 0.25) is 0 Å². The summed E-state index contributed by atoms with van der Waals surface area (Å²) in [7, 11) is 1.92. The molecule has 2 aromatic rings. The summed E-state index contributed by atoms with van der Waals surface area (Å²) >= 11 is 0. The molecule has 1 unspecified atom stereocenters. The number of pyridine rings is 1. The minimum absolute atomic E-state index is 0.250. The van der Waals surface area contributed by atoms with Crippen molar-refractivity contribution in [2.45, 2.75) is 19.6 Å². The van der Waals surface area contributed by atoms with Crippen LogP contribution in [0.1, 0.15) is 12.5 Å². The molecule has 0 saturated carbocycles. The lowest BCUT2D eigenvalue weighted by atomic mass is 10.1. The van der Waals surface area contributed by atoms with Crippen molar-refractivity contribution in [1.29, 1.82) is 0 Å². The SMILES string of the molecule is CC(O)CN(C)Cc1ccc(F)c2cccnc12. The van der Waals surface area contributed by atoms with Crippen LogP contribution < -0.4 is 0 Å². The van der Waals surface area contributed by atoms with Crippen molar-refractivity contribution in [2.24, 2.45) is 0 Å². The molecule has 1 heterocycles. The molecule has 18 heavy (non-hydrogen) atoms. The van der Waals surface area contributed by atoms with Crippen molar-refractivity contribution in [3.8, 4) is 0 Å². The minimum Gasteiger partial charge on any atom is -0.392 e. The number of hydrogen-bond donors (Lipinski definition) is 1. The molecule has 0 radical (unpaired) electrons. The quantitative estimate of drug-likeness (QED) is 0.901. The van der Waals surface area contributed by atoms with E-state index in [4.69, 9.17) is 0 Å². The van der Waals surface area contributed by atoms with Crippen molar-refractivity contribution in [2.75, 3.05) is 13.6 Å². The number of nitrogens with zero attached hydrogens (tertiary/aromatic N) is 2. The second kappa shape index (κ2) is 5.42. The van der Waals surface area contributed by atoms with Crippen LogP contribution in [0.4, 0.5) is 4.39 Å². The second-order valence-corrected chi connectivity index (χ2v) is 4.65. The highest BCUT2D eigenvalue weighted by molar-refractivity contribution is 5.82. The Kier molecular flexibility index (Phi) is 3.89. The van der Waals surface area contributed by atoms with Crippen LogP contribution in [-0.2, 0) is 6.54 Å². The molecule has 0 aliphatic heterocycles. The van der Waals surface area contributed by atoms with Gasteiger partial charge in [-0.25, -0.2) is 4.39 Å². The van der Waals surface area contributed by atoms with Gasteiger partial charge in [0, 0.05) is 24.7 Å². The van der Waals surface area contributed by atoms with E-state index in [-0.39, 0.29) is 11.9 Å². The number of likely N-dealkylation sites (N-methyl/N-ethyl adjacent to an activating group) is 1. The molecular formula is C14H17FN2O. The molecule has 1 aromatic carbocycles. The summed E-state index contributed by atoms with van der Waals surface area (Å²) in [5, 5.41) is 9.88. The number of rotatable bonds is 4. The highest BCUT2D eigenvalue weighted by Gasteiger charge is 2.09. The summed E-state index contributed by atoms with van der Waals surface area (Å²) in [6.07, 6.45) is 1.29. The molecule has 3 nitrogen and oxygen atoms in total. The maximum Gasteiger partial charge on any atom is 0.132 e. The van der Waals surface area contributed by atoms with Crippen molar-refractivity contribution in [1.82, 2.24) is 9.88 Å². The first kappa shape index (κ1) is 12.9. The Bertz CT molecular complexity index is 542. The molecule has 2 rings (SSSR count). The van der Waals surface area contributed by atoms with E-state index in [0.29, 0.717) is 24.0 Å². The molecule has 1 atom stereocenters. The molecule has 0 aliphatic rings. The van der Waals surface area contributed by atoms with Crippen molar-refractivity contribution < 1.29 is 9.50 Å². The lowest BCUT2D eigenvalue weighted by molar-refractivity contribution is 0.138. The molecule has 0 saturated heterocycles. The zero-order chi connectivity index (χ0) is 13.1. The summed E-state index contributed by atoms with van der Waals surface area (Å²) in [6, 6.07) is 6.68. The predicted molar refractivity (Wildman–Crippen MR) is 69.7 cm³/mol. The molecule has 0 amide bonds. The largest absolute Gasteiger partial charge is 0.392 e. The molecule has 0 spiro atoms. The number of fused-ring (bicyclic) bond motifs is 1. The van der Waals surface area contributed by atoms with E-state index in [2.05, 4.69) is 4.98 Å². The normalized spacial score (nSPS) is 13.2. The maximum absolute atomic E-state index is 13.6. The Morgan fingerprint density at radius 2 is 2.17 bits per heavy atom. The van der Waals surface area contributed by atoms with Gasteiger partial charge in [0.25, 0.3) is 0 Å². The Labute approximate surface area is 106 Å². The first-order valence-corrected chi connectivity index (χ1v) is 5.96. The summed E-state index contributed by atoms with van der Waals surface area (Å²) in [4.78, 5) is 6.24. The van der Waals surface area contributed by atoms with Gasteiger partial charge in [0.1, 0.15) is 5.82 Å². The van der Waals surface area contributed by atoms with Gasteiger partial charge in [-0.2, -0.15) is 0 Å². The summed E-state index contributed by atoms with van der Waals surface area (Å²) in [6.45, 7) is 2.96. The number of aliphatic hydroxyl groups excluding tert-OH is 1. The third-order valence-corrected chi connectivity index (χ3v) is 2.82. The monoisotopic (exact) mass is 248 g/mol. The third kappa shape index (κ3) is 2.83. The number of benzene rings is 1. The summed E-state index contributed by atoms with van der Waals surface area (Å²) in [5.74, 6) is -0.250. The van der Waals surface area contributed by atoms with Gasteiger partial charge in [0.15, 0.2) is 0 Å². The van der Waals surface area contributed by atoms with Crippen LogP contribution in [0.5, 0.6) is 0 Å². The fourth-order valence-electron chi connectivity index (χ4n) is 2.13. The van der Waals surface area contributed by atoms with E-state index in [9.17, 15) is 9.50 Å². The molecule has 0 bridgehead atoms. The van der Waals surface area contributed by atoms with Crippen LogP contribution in [0.3, 0.4) is 0 Å². The van der Waals surface area contributed by atoms with Gasteiger partial charge >= 0.3 is 0 Å². The smallest absolute Gasteiger partial charge is 0.132 e. The number of aromatic nitrogens is 1. The molecule has 0 aliphatic carbocycles. The Hall–Kier alpha value is -1.52. The van der Waals surface area contributed by atoms with Crippen LogP contribution >= 0.6 is 0 Å². The van der Waals surface area contributed by atoms with Crippen LogP contribution in [-0.4, -0.2) is 34.7 Å². The van der Waals surface area contributed by atoms with E-state index in [1.54, 1.807) is 31.3 Å². The molecular weight excluding hydrogens is 231 g/mol. The lowest BCUT2D eigenvalue weighted by Gasteiger charge is -2.19. The van der Waals surface area contributed by atoms with E-state index >= 15 is 0 Å². The Morgan fingerprint density at radius 1 is 1.39 bits per heavy atom. The highest BCUT2D eigenvalue weighted by atomic mass is 19.1. The average Bonchev–Trinajstić information content (AvgIpc) is 2.32. The summed E-state index contributed by atoms with van der Waals surface area (Å²) in [5.41, 5.74) is 1.66. The first-order chi connectivity index (χ1) is 8.58. The minimum atomic E-state index is -0.380. The highest BCUT2D eigenvalue weighted by Crippen LogP contribution is 2.20. The number of aliphatic hydroxyl groups is 1. The molecule has 4 heteroatoms. The van der Waals surface area contributed by atoms with Crippen molar-refractivity contribution in [3.05, 3.63) is 41.8 Å². The number of hydrogen-bond acceptors (Lipinski definition) is 3. The van der Waals surface area contributed by atoms with Crippen molar-refractivity contribution in [3.63, 3.8) is 0 Å². The zero-order valence-corrected chi connectivity index (χ0v) is 10.6. The van der Waals surface area contributed by atoms with Gasteiger partial charge < -0.3 is 5.11 Å². The topological polar surface area (TPSA) is 36.4 Å². The predicted octanol–water partition coefficient (Wildman–Crippen LogP) is 2.19. The average molecular weight is 248 g/mol. The molecule has 0 fully saturated rings. The van der Waals surface area contributed by atoms with Gasteiger partial charge in [0.05, 0.1) is 11.6 Å². The van der Waals surface area contributed by atoms with Crippen LogP contribution in [0.25, 0.3) is 10.9 Å². The third-order valence-electron chi connectivity index (χ3n) is 2.82. The standard InChI is InChI=1S/C14H17FN2O/c1-10(18)8-17(2)9-11-5-6-13(15)12-4-3-7-16-14(11)12/h3-7,10,18H,8-9H2,1-2H3. The van der Waals surface area contributed by atoms with E-state index < -0.39 is 0 Å². The van der Waals surface area contributed by atoms with Crippen LogP contribution in [0.2, 0.25) is 0 Å². The van der Waals surface area contributed by atoms with E-state index in [0.717, 1.165) is 5.56 Å². The number of halogens is 1. The van der Waals surface area contributed by atoms with Gasteiger partial charge in [-0.1, -0.05) is 6.07 Å². The van der Waals surface area contributed by atoms with Gasteiger partial charge in [-0.05, 0) is 37.7 Å². The van der Waals surface area contributed by atoms with E-state index in [1.807, 2.05) is 11.9 Å². The summed E-state index contributed by atoms with van der Waals surface area (Å²) < 4.78 is 13.6. The van der Waals surface area contributed by atoms with Gasteiger partial charge in [-0.15, -0.1) is 0 Å². The zero-order valence-electron chi connectivity index (χ0n) is 10.6. The van der Waals surface area contributed by atoms with Gasteiger partial charge in [-0.3, -0.25) is 9.88 Å². The lowest BCUT2D eigenvalue weighted by Crippen LogP contribution is -2.26. The fraction of sp³-hybridized carbons (Fsp3) is 0.357. The maximum atomic E-state index is 13.6. The molecule has 1 N–H and O–H groups in total. The van der Waals surface area contributed by atoms with Crippen molar-refractivity contribution >= 4 is 10.9 Å². The second-order valence-electron chi connectivity index (χ2n) is 4.65. The molecule has 1 aromatic heterocycles. The molecule has 96 valence electrons. The van der Waals surface area contributed by atoms with Crippen LogP contribution in [0.15, 0.2) is 30.5 Å². The Morgan fingerprint density at radius 3 is 2.89 bits per heavy atom. The van der Waals surface area contributed by atoms with Crippen LogP contribution in [0, 0.1) is 5.82 Å². The first-order valence-electron chi connectivity index (χ1n) is 5.96. The Balaban J connectivity index is 2.31.